The maximum atomic E-state index is 13.0. The number of hydrogen-bond acceptors (Lipinski definition) is 3. The molecule has 2 aromatic carbocycles. The van der Waals surface area contributed by atoms with Crippen molar-refractivity contribution >= 4 is 6.03 Å². The lowest BCUT2D eigenvalue weighted by Gasteiger charge is -2.38. The van der Waals surface area contributed by atoms with Crippen LogP contribution < -0.4 is 10.1 Å². The molecule has 2 aromatic rings. The van der Waals surface area contributed by atoms with Crippen molar-refractivity contribution in [1.82, 2.24) is 10.2 Å². The highest BCUT2D eigenvalue weighted by Crippen LogP contribution is 2.27. The third-order valence-corrected chi connectivity index (χ3v) is 5.37. The summed E-state index contributed by atoms with van der Waals surface area (Å²) in [5.74, 6) is -0.258. The molecular weight excluding hydrogens is 397 g/mol. The topological polar surface area (TPSA) is 61.8 Å². The van der Waals surface area contributed by atoms with Crippen LogP contribution in [-0.2, 0) is 6.42 Å². The van der Waals surface area contributed by atoms with E-state index >= 15 is 0 Å². The first-order valence-corrected chi connectivity index (χ1v) is 9.81. The van der Waals surface area contributed by atoms with Crippen molar-refractivity contribution in [3.05, 3.63) is 65.5 Å². The van der Waals surface area contributed by atoms with Gasteiger partial charge < -0.3 is 20.1 Å². The van der Waals surface area contributed by atoms with Crippen LogP contribution in [0.4, 0.5) is 18.0 Å². The highest BCUT2D eigenvalue weighted by Gasteiger charge is 2.34. The second-order valence-corrected chi connectivity index (χ2v) is 7.63. The van der Waals surface area contributed by atoms with Crippen LogP contribution in [0, 0.1) is 5.82 Å². The van der Waals surface area contributed by atoms with Gasteiger partial charge in [-0.3, -0.25) is 0 Å². The number of alkyl halides is 2. The molecule has 0 aliphatic carbocycles. The number of urea groups is 1. The van der Waals surface area contributed by atoms with E-state index in [1.165, 1.54) is 24.3 Å². The van der Waals surface area contributed by atoms with Crippen LogP contribution in [0.5, 0.6) is 5.75 Å². The van der Waals surface area contributed by atoms with E-state index in [4.69, 9.17) is 0 Å². The number of likely N-dealkylation sites (tertiary alicyclic amines) is 1. The van der Waals surface area contributed by atoms with Crippen LogP contribution >= 0.6 is 0 Å². The molecule has 8 heteroatoms. The fraction of sp³-hybridized carbons (Fsp3) is 0.409. The van der Waals surface area contributed by atoms with E-state index in [1.807, 2.05) is 0 Å². The number of nitrogens with zero attached hydrogens (tertiary/aromatic N) is 1. The smallest absolute Gasteiger partial charge is 0.387 e. The summed E-state index contributed by atoms with van der Waals surface area (Å²) >= 11 is 0. The Morgan fingerprint density at radius 2 is 1.73 bits per heavy atom. The van der Waals surface area contributed by atoms with Crippen LogP contribution in [0.15, 0.2) is 48.5 Å². The number of benzene rings is 2. The fourth-order valence-corrected chi connectivity index (χ4v) is 3.58. The molecule has 0 spiro atoms. The number of piperidine rings is 1. The van der Waals surface area contributed by atoms with E-state index in [2.05, 4.69) is 10.1 Å². The average molecular weight is 422 g/mol. The summed E-state index contributed by atoms with van der Waals surface area (Å²) in [5.41, 5.74) is 0.681. The molecule has 1 heterocycles. The number of carbonyl (C=O) groups excluding carboxylic acids is 1. The second kappa shape index (κ2) is 9.38. The van der Waals surface area contributed by atoms with E-state index in [9.17, 15) is 23.1 Å². The lowest BCUT2D eigenvalue weighted by molar-refractivity contribution is -0.0498. The molecule has 1 saturated heterocycles. The average Bonchev–Trinajstić information content (AvgIpc) is 2.70. The van der Waals surface area contributed by atoms with Crippen molar-refractivity contribution in [2.24, 2.45) is 0 Å². The minimum absolute atomic E-state index is 0.0590. The van der Waals surface area contributed by atoms with Gasteiger partial charge in [0.05, 0.1) is 11.6 Å². The molecular formula is C22H25F3N2O3. The molecule has 1 fully saturated rings. The van der Waals surface area contributed by atoms with Crippen molar-refractivity contribution in [2.45, 2.75) is 44.4 Å². The highest BCUT2D eigenvalue weighted by atomic mass is 19.3. The Morgan fingerprint density at radius 1 is 1.13 bits per heavy atom. The Kier molecular flexibility index (Phi) is 6.87. The van der Waals surface area contributed by atoms with E-state index in [-0.39, 0.29) is 23.6 Å². The number of amides is 2. The van der Waals surface area contributed by atoms with Crippen molar-refractivity contribution < 1.29 is 27.8 Å². The third kappa shape index (κ3) is 5.89. The van der Waals surface area contributed by atoms with Gasteiger partial charge in [0.1, 0.15) is 11.6 Å². The second-order valence-electron chi connectivity index (χ2n) is 7.63. The molecule has 1 aliphatic rings. The Labute approximate surface area is 173 Å². The number of aliphatic hydroxyl groups is 1. The van der Waals surface area contributed by atoms with Gasteiger partial charge in [0.2, 0.25) is 0 Å². The predicted molar refractivity (Wildman–Crippen MR) is 106 cm³/mol. The first kappa shape index (κ1) is 22.0. The van der Waals surface area contributed by atoms with Crippen molar-refractivity contribution in [3.8, 4) is 5.75 Å². The lowest BCUT2D eigenvalue weighted by atomic mass is 9.85. The molecule has 0 radical (unpaired) electrons. The molecule has 2 N–H and O–H groups in total. The highest BCUT2D eigenvalue weighted by molar-refractivity contribution is 5.74. The Hall–Kier alpha value is -2.74. The van der Waals surface area contributed by atoms with Crippen molar-refractivity contribution in [1.29, 1.82) is 0 Å². The number of nitrogens with one attached hydrogen (secondary N) is 1. The molecule has 1 unspecified atom stereocenters. The van der Waals surface area contributed by atoms with E-state index in [0.717, 1.165) is 11.1 Å². The molecule has 0 bridgehead atoms. The van der Waals surface area contributed by atoms with E-state index < -0.39 is 12.2 Å². The minimum Gasteiger partial charge on any atom is -0.435 e. The summed E-state index contributed by atoms with van der Waals surface area (Å²) in [6.45, 7) is -0.279. The molecule has 0 aromatic heterocycles. The van der Waals surface area contributed by atoms with Gasteiger partial charge in [-0.1, -0.05) is 24.3 Å². The number of ether oxygens (including phenoxy) is 1. The molecule has 3 rings (SSSR count). The van der Waals surface area contributed by atoms with Gasteiger partial charge in [-0.2, -0.15) is 8.78 Å². The van der Waals surface area contributed by atoms with Gasteiger partial charge in [0.15, 0.2) is 0 Å². The number of rotatable bonds is 6. The Balaban J connectivity index is 1.50. The quantitative estimate of drug-likeness (QED) is 0.731. The van der Waals surface area contributed by atoms with E-state index in [0.29, 0.717) is 32.4 Å². The van der Waals surface area contributed by atoms with Crippen LogP contribution in [0.25, 0.3) is 0 Å². The zero-order chi connectivity index (χ0) is 21.7. The normalized spacial score (nSPS) is 16.9. The molecule has 2 amide bonds. The molecule has 30 heavy (non-hydrogen) atoms. The Morgan fingerprint density at radius 3 is 2.30 bits per heavy atom. The first-order valence-electron chi connectivity index (χ1n) is 9.81. The van der Waals surface area contributed by atoms with E-state index in [1.54, 1.807) is 36.1 Å². The minimum atomic E-state index is -2.88. The fourth-order valence-electron chi connectivity index (χ4n) is 3.58. The Bertz CT molecular complexity index is 836. The van der Waals surface area contributed by atoms with Gasteiger partial charge in [0, 0.05) is 19.5 Å². The summed E-state index contributed by atoms with van der Waals surface area (Å²) in [6, 6.07) is 11.6. The SMILES string of the molecule is CC(NC(=O)N1CCC(O)(Cc2ccc(F)cc2)CC1)c1ccc(OC(F)F)cc1. The van der Waals surface area contributed by atoms with Crippen molar-refractivity contribution in [2.75, 3.05) is 13.1 Å². The van der Waals surface area contributed by atoms with Gasteiger partial charge in [-0.15, -0.1) is 0 Å². The standard InChI is InChI=1S/C22H25F3N2O3/c1-15(17-4-8-19(9-5-17)30-20(24)25)26-21(28)27-12-10-22(29,11-13-27)14-16-2-6-18(23)7-3-16/h2-9,15,20,29H,10-14H2,1H3,(H,26,28). The molecule has 0 saturated carbocycles. The van der Waals surface area contributed by atoms with Crippen LogP contribution in [0.1, 0.15) is 36.9 Å². The zero-order valence-corrected chi connectivity index (χ0v) is 16.7. The predicted octanol–water partition coefficient (Wildman–Crippen LogP) is 4.27. The molecule has 1 atom stereocenters. The molecule has 5 nitrogen and oxygen atoms in total. The zero-order valence-electron chi connectivity index (χ0n) is 16.7. The monoisotopic (exact) mass is 422 g/mol. The van der Waals surface area contributed by atoms with Gasteiger partial charge in [0.25, 0.3) is 0 Å². The lowest BCUT2D eigenvalue weighted by Crippen LogP contribution is -2.51. The van der Waals surface area contributed by atoms with Crippen LogP contribution in [-0.4, -0.2) is 41.3 Å². The molecule has 162 valence electrons. The summed E-state index contributed by atoms with van der Waals surface area (Å²) in [7, 11) is 0. The summed E-state index contributed by atoms with van der Waals surface area (Å²) in [5, 5.41) is 13.7. The van der Waals surface area contributed by atoms with Crippen LogP contribution in [0.3, 0.4) is 0 Å². The third-order valence-electron chi connectivity index (χ3n) is 5.37. The summed E-state index contributed by atoms with van der Waals surface area (Å²) < 4.78 is 41.8. The number of halogens is 3. The maximum absolute atomic E-state index is 13.0. The summed E-state index contributed by atoms with van der Waals surface area (Å²) in [6.07, 6.45) is 1.25. The largest absolute Gasteiger partial charge is 0.435 e. The van der Waals surface area contributed by atoms with Crippen molar-refractivity contribution in [3.63, 3.8) is 0 Å². The van der Waals surface area contributed by atoms with Gasteiger partial charge in [-0.25, -0.2) is 9.18 Å². The molecule has 1 aliphatic heterocycles. The van der Waals surface area contributed by atoms with Gasteiger partial charge in [-0.05, 0) is 55.2 Å². The number of hydrogen-bond donors (Lipinski definition) is 2. The number of carbonyl (C=O) groups is 1. The maximum Gasteiger partial charge on any atom is 0.387 e. The van der Waals surface area contributed by atoms with Crippen LogP contribution in [0.2, 0.25) is 0 Å². The summed E-state index contributed by atoms with van der Waals surface area (Å²) in [4.78, 5) is 14.2. The first-order chi connectivity index (χ1) is 14.2. The van der Waals surface area contributed by atoms with Gasteiger partial charge >= 0.3 is 12.6 Å².